The summed E-state index contributed by atoms with van der Waals surface area (Å²) in [5, 5.41) is 12.5. The van der Waals surface area contributed by atoms with Gasteiger partial charge >= 0.3 is 0 Å². The van der Waals surface area contributed by atoms with Crippen LogP contribution in [-0.2, 0) is 0 Å². The van der Waals surface area contributed by atoms with Gasteiger partial charge in [-0.2, -0.15) is 5.26 Å². The van der Waals surface area contributed by atoms with Gasteiger partial charge in [-0.3, -0.25) is 4.99 Å². The predicted molar refractivity (Wildman–Crippen MR) is 117 cm³/mol. The summed E-state index contributed by atoms with van der Waals surface area (Å²) in [6, 6.07) is 0. The lowest BCUT2D eigenvalue weighted by Gasteiger charge is -2.29. The Bertz CT molecular complexity index is 851. The third-order valence-corrected chi connectivity index (χ3v) is 4.92. The van der Waals surface area contributed by atoms with E-state index in [0.29, 0.717) is 38.4 Å². The molecule has 0 saturated carbocycles. The first kappa shape index (κ1) is 22.3. The molecule has 0 spiro atoms. The fourth-order valence-electron chi connectivity index (χ4n) is 3.24. The van der Waals surface area contributed by atoms with E-state index in [1.165, 1.54) is 0 Å². The first-order valence-electron chi connectivity index (χ1n) is 9.74. The number of hydrogen-bond acceptors (Lipinski definition) is 4. The van der Waals surface area contributed by atoms with Gasteiger partial charge in [-0.25, -0.2) is 4.39 Å². The molecule has 0 aliphatic heterocycles. The van der Waals surface area contributed by atoms with E-state index in [9.17, 15) is 9.65 Å². The molecule has 0 amide bonds. The van der Waals surface area contributed by atoms with Crippen LogP contribution in [0.25, 0.3) is 0 Å². The molecule has 0 aromatic rings. The Morgan fingerprint density at radius 2 is 2.24 bits per heavy atom. The number of nitrogens with one attached hydrogen (secondary N) is 1. The molecule has 154 valence electrons. The van der Waals surface area contributed by atoms with Crippen molar-refractivity contribution in [2.24, 2.45) is 21.6 Å². The van der Waals surface area contributed by atoms with Gasteiger partial charge < -0.3 is 16.0 Å². The maximum absolute atomic E-state index is 13.5. The predicted octanol–water partition coefficient (Wildman–Crippen LogP) is 3.35. The van der Waals surface area contributed by atoms with Crippen LogP contribution in [0.1, 0.15) is 26.7 Å². The molecule has 0 aromatic heterocycles. The number of nitrogens with two attached hydrogens (primary N) is 1. The van der Waals surface area contributed by atoms with Gasteiger partial charge in [0, 0.05) is 45.0 Å². The zero-order valence-electron chi connectivity index (χ0n) is 17.3. The molecule has 0 saturated heterocycles. The first-order valence-corrected chi connectivity index (χ1v) is 9.74. The van der Waals surface area contributed by atoms with Crippen LogP contribution in [0.5, 0.6) is 0 Å². The van der Waals surface area contributed by atoms with E-state index >= 15 is 0 Å². The van der Waals surface area contributed by atoms with Gasteiger partial charge in [-0.05, 0) is 60.3 Å². The molecule has 0 radical (unpaired) electrons. The summed E-state index contributed by atoms with van der Waals surface area (Å²) in [5.41, 5.74) is 9.78. The molecular formula is C22H29FN6. The first-order chi connectivity index (χ1) is 14.0. The monoisotopic (exact) mass is 396 g/mol. The number of allylic oxidation sites excluding steroid dienone is 8. The SMILES string of the molecule is CN=C/C=C1/C=C(NC(=NC#N)N(CCN)CC2=C(C)C=C(F)CC2)C=CC1C. The average molecular weight is 397 g/mol. The van der Waals surface area contributed by atoms with Crippen LogP contribution >= 0.6 is 0 Å². The topological polar surface area (TPSA) is 89.8 Å². The van der Waals surface area contributed by atoms with Crippen molar-refractivity contribution in [3.8, 4) is 6.19 Å². The minimum atomic E-state index is -0.0952. The van der Waals surface area contributed by atoms with Crippen LogP contribution in [0.2, 0.25) is 0 Å². The van der Waals surface area contributed by atoms with E-state index in [1.54, 1.807) is 19.3 Å². The summed E-state index contributed by atoms with van der Waals surface area (Å²) in [4.78, 5) is 9.94. The molecule has 7 heteroatoms. The standard InChI is InChI=1S/C22H29FN6/c1-16-4-7-21(13-18(16)8-10-26-3)28-22(27-15-25)29(11-9-24)14-19-5-6-20(23)12-17(19)2/h4,7-8,10,12-13,16H,5-6,9,11,14,24H2,1-3H3,(H,27,28)/b18-8-,26-10?. The van der Waals surface area contributed by atoms with Gasteiger partial charge in [0.15, 0.2) is 0 Å². The van der Waals surface area contributed by atoms with Gasteiger partial charge in [0.1, 0.15) is 5.83 Å². The van der Waals surface area contributed by atoms with E-state index in [2.05, 4.69) is 28.3 Å². The molecule has 1 atom stereocenters. The molecule has 3 N–H and O–H groups in total. The molecule has 6 nitrogen and oxygen atoms in total. The Morgan fingerprint density at radius 1 is 1.45 bits per heavy atom. The zero-order chi connectivity index (χ0) is 21.2. The number of hydrogen-bond donors (Lipinski definition) is 2. The molecule has 1 unspecified atom stereocenters. The van der Waals surface area contributed by atoms with Crippen LogP contribution in [-0.4, -0.2) is 43.8 Å². The van der Waals surface area contributed by atoms with Crippen molar-refractivity contribution in [2.45, 2.75) is 26.7 Å². The number of nitriles is 1. The van der Waals surface area contributed by atoms with Crippen LogP contribution in [0.4, 0.5) is 4.39 Å². The van der Waals surface area contributed by atoms with Crippen molar-refractivity contribution in [3.05, 3.63) is 58.6 Å². The molecule has 0 aromatic carbocycles. The normalized spacial score (nSPS) is 21.3. The van der Waals surface area contributed by atoms with Crippen LogP contribution < -0.4 is 11.1 Å². The van der Waals surface area contributed by atoms with Gasteiger partial charge in [0.2, 0.25) is 12.2 Å². The summed E-state index contributed by atoms with van der Waals surface area (Å²) < 4.78 is 13.5. The highest BCUT2D eigenvalue weighted by Gasteiger charge is 2.19. The fourth-order valence-corrected chi connectivity index (χ4v) is 3.24. The molecule has 0 fully saturated rings. The van der Waals surface area contributed by atoms with Crippen LogP contribution in [0.15, 0.2) is 68.6 Å². The Hall–Kier alpha value is -2.98. The zero-order valence-corrected chi connectivity index (χ0v) is 17.3. The van der Waals surface area contributed by atoms with Crippen molar-refractivity contribution in [3.63, 3.8) is 0 Å². The van der Waals surface area contributed by atoms with Gasteiger partial charge in [-0.1, -0.05) is 13.0 Å². The highest BCUT2D eigenvalue weighted by atomic mass is 19.1. The molecule has 2 rings (SSSR count). The maximum Gasteiger partial charge on any atom is 0.214 e. The summed E-state index contributed by atoms with van der Waals surface area (Å²) in [5.74, 6) is 0.608. The van der Waals surface area contributed by atoms with Crippen LogP contribution in [0.3, 0.4) is 0 Å². The second kappa shape index (κ2) is 11.1. The molecule has 29 heavy (non-hydrogen) atoms. The second-order valence-corrected chi connectivity index (χ2v) is 7.07. The largest absolute Gasteiger partial charge is 0.337 e. The van der Waals surface area contributed by atoms with E-state index in [-0.39, 0.29) is 11.7 Å². The van der Waals surface area contributed by atoms with Crippen LogP contribution in [0, 0.1) is 17.4 Å². The minimum Gasteiger partial charge on any atom is -0.337 e. The van der Waals surface area contributed by atoms with Gasteiger partial charge in [-0.15, -0.1) is 4.99 Å². The Labute approximate surface area is 172 Å². The maximum atomic E-state index is 13.5. The molecule has 0 heterocycles. The molecule has 2 aliphatic carbocycles. The summed E-state index contributed by atoms with van der Waals surface area (Å²) in [6.07, 6.45) is 14.3. The van der Waals surface area contributed by atoms with Gasteiger partial charge in [0.25, 0.3) is 0 Å². The summed E-state index contributed by atoms with van der Waals surface area (Å²) in [6.45, 7) is 5.49. The van der Waals surface area contributed by atoms with Crippen molar-refractivity contribution in [1.29, 1.82) is 5.26 Å². The van der Waals surface area contributed by atoms with Crippen molar-refractivity contribution >= 4 is 12.2 Å². The molecule has 0 bridgehead atoms. The van der Waals surface area contributed by atoms with E-state index in [0.717, 1.165) is 22.4 Å². The number of rotatable bonds is 6. The smallest absolute Gasteiger partial charge is 0.214 e. The second-order valence-electron chi connectivity index (χ2n) is 7.07. The molecule has 2 aliphatic rings. The van der Waals surface area contributed by atoms with Gasteiger partial charge in [0.05, 0.1) is 0 Å². The molecular weight excluding hydrogens is 367 g/mol. The van der Waals surface area contributed by atoms with E-state index in [4.69, 9.17) is 5.73 Å². The summed E-state index contributed by atoms with van der Waals surface area (Å²) >= 11 is 0. The lowest BCUT2D eigenvalue weighted by molar-refractivity contribution is 0.438. The number of halogens is 1. The lowest BCUT2D eigenvalue weighted by Crippen LogP contribution is -2.44. The highest BCUT2D eigenvalue weighted by Crippen LogP contribution is 2.25. The number of nitrogens with zero attached hydrogens (tertiary/aromatic N) is 4. The third kappa shape index (κ3) is 6.54. The Balaban J connectivity index is 2.26. The Kier molecular flexibility index (Phi) is 8.56. The fraction of sp³-hybridized carbons (Fsp3) is 0.409. The van der Waals surface area contributed by atoms with E-state index in [1.807, 2.05) is 36.2 Å². The van der Waals surface area contributed by atoms with Crippen molar-refractivity contribution in [1.82, 2.24) is 10.2 Å². The number of guanidine groups is 1. The lowest BCUT2D eigenvalue weighted by atomic mass is 9.95. The quantitative estimate of drug-likeness (QED) is 0.409. The number of aliphatic imine (C=N–C) groups is 2. The highest BCUT2D eigenvalue weighted by molar-refractivity contribution is 5.83. The third-order valence-electron chi connectivity index (χ3n) is 4.92. The average Bonchev–Trinajstić information content (AvgIpc) is 2.69. The Morgan fingerprint density at radius 3 is 2.90 bits per heavy atom. The van der Waals surface area contributed by atoms with Crippen molar-refractivity contribution < 1.29 is 4.39 Å². The van der Waals surface area contributed by atoms with Crippen molar-refractivity contribution in [2.75, 3.05) is 26.7 Å². The summed E-state index contributed by atoms with van der Waals surface area (Å²) in [7, 11) is 1.73. The van der Waals surface area contributed by atoms with E-state index < -0.39 is 0 Å². The minimum absolute atomic E-state index is 0.0952.